The molecule has 2 rings (SSSR count). The average molecular weight is 440 g/mol. The number of aliphatic hydroxyl groups excluding tert-OH is 2. The van der Waals surface area contributed by atoms with Crippen LogP contribution in [0.1, 0.15) is 5.56 Å². The highest BCUT2D eigenvalue weighted by atomic mass is 35.5. The zero-order valence-electron chi connectivity index (χ0n) is 15.7. The number of carboxylic acid groups (broad SMARTS) is 1. The van der Waals surface area contributed by atoms with Gasteiger partial charge < -0.3 is 26.4 Å². The lowest BCUT2D eigenvalue weighted by atomic mass is 9.96. The normalized spacial score (nSPS) is 15.0. The van der Waals surface area contributed by atoms with Gasteiger partial charge in [0, 0.05) is 10.0 Å². The van der Waals surface area contributed by atoms with Crippen LogP contribution in [0.2, 0.25) is 10.0 Å². The van der Waals surface area contributed by atoms with E-state index in [-0.39, 0.29) is 18.8 Å². The molecule has 0 bridgehead atoms. The van der Waals surface area contributed by atoms with Crippen LogP contribution in [-0.2, 0) is 11.2 Å². The van der Waals surface area contributed by atoms with Gasteiger partial charge in [-0.15, -0.1) is 0 Å². The summed E-state index contributed by atoms with van der Waals surface area (Å²) in [4.78, 5) is 15.2. The van der Waals surface area contributed by atoms with Crippen molar-refractivity contribution in [1.29, 1.82) is 0 Å². The number of amidine groups is 1. The van der Waals surface area contributed by atoms with Gasteiger partial charge in [0.15, 0.2) is 6.10 Å². The Hall–Kier alpha value is -2.16. The number of likely N-dealkylation sites (N-methyl/N-ethyl adjacent to an activating group) is 1. The van der Waals surface area contributed by atoms with Crippen LogP contribution in [0.4, 0.5) is 0 Å². The fourth-order valence-corrected chi connectivity index (χ4v) is 3.36. The first-order chi connectivity index (χ1) is 13.7. The number of hydrogen-bond donors (Lipinski definition) is 5. The summed E-state index contributed by atoms with van der Waals surface area (Å²) >= 11 is 12.1. The number of rotatable bonds is 9. The molecule has 2 aromatic carbocycles. The number of nitrogens with zero attached hydrogens (tertiary/aromatic N) is 1. The summed E-state index contributed by atoms with van der Waals surface area (Å²) in [6.45, 7) is 0.265. The maximum atomic E-state index is 11.0. The lowest BCUT2D eigenvalue weighted by Crippen LogP contribution is -2.43. The minimum Gasteiger partial charge on any atom is -0.479 e. The van der Waals surface area contributed by atoms with Crippen molar-refractivity contribution in [1.82, 2.24) is 5.32 Å². The zero-order chi connectivity index (χ0) is 21.6. The van der Waals surface area contributed by atoms with Crippen molar-refractivity contribution in [2.24, 2.45) is 10.7 Å². The third kappa shape index (κ3) is 6.69. The van der Waals surface area contributed by atoms with Gasteiger partial charge in [-0.3, -0.25) is 4.99 Å². The number of nitrogens with two attached hydrogens (primary N) is 1. The molecule has 0 saturated carbocycles. The zero-order valence-corrected chi connectivity index (χ0v) is 17.2. The molecule has 0 spiro atoms. The lowest BCUT2D eigenvalue weighted by Gasteiger charge is -2.22. The van der Waals surface area contributed by atoms with Gasteiger partial charge in [0.05, 0.1) is 12.6 Å². The molecule has 156 valence electrons. The summed E-state index contributed by atoms with van der Waals surface area (Å²) in [6.07, 6.45) is -3.40. The smallest absolute Gasteiger partial charge is 0.335 e. The summed E-state index contributed by atoms with van der Waals surface area (Å²) in [6, 6.07) is 11.7. The highest BCUT2D eigenvalue weighted by Crippen LogP contribution is 2.27. The van der Waals surface area contributed by atoms with Crippen molar-refractivity contribution >= 4 is 35.0 Å². The number of hydrogen-bond acceptors (Lipinski definition) is 5. The van der Waals surface area contributed by atoms with E-state index in [0.717, 1.165) is 16.7 Å². The number of aliphatic carboxylic acids is 1. The van der Waals surface area contributed by atoms with E-state index in [1.807, 2.05) is 24.3 Å². The highest BCUT2D eigenvalue weighted by molar-refractivity contribution is 6.35. The summed E-state index contributed by atoms with van der Waals surface area (Å²) in [5.41, 5.74) is 8.32. The number of benzene rings is 2. The molecular weight excluding hydrogens is 417 g/mol. The van der Waals surface area contributed by atoms with Gasteiger partial charge in [0.25, 0.3) is 0 Å². The minimum atomic E-state index is -1.97. The molecule has 0 aliphatic carbocycles. The van der Waals surface area contributed by atoms with E-state index >= 15 is 0 Å². The number of carboxylic acids is 1. The average Bonchev–Trinajstić information content (AvgIpc) is 2.66. The van der Waals surface area contributed by atoms with Crippen LogP contribution >= 0.6 is 23.2 Å². The van der Waals surface area contributed by atoms with Crippen LogP contribution in [0.3, 0.4) is 0 Å². The Kier molecular flexibility index (Phi) is 8.43. The molecule has 9 heteroatoms. The molecule has 3 unspecified atom stereocenters. The number of aliphatic imine (C=N–C) groups is 1. The first-order valence-electron chi connectivity index (χ1n) is 8.82. The molecule has 29 heavy (non-hydrogen) atoms. The van der Waals surface area contributed by atoms with Crippen molar-refractivity contribution in [2.75, 3.05) is 13.6 Å². The van der Waals surface area contributed by atoms with Crippen LogP contribution < -0.4 is 11.1 Å². The monoisotopic (exact) mass is 439 g/mol. The summed E-state index contributed by atoms with van der Waals surface area (Å²) in [5, 5.41) is 32.9. The molecule has 0 aliphatic heterocycles. The van der Waals surface area contributed by atoms with Crippen molar-refractivity contribution in [3.05, 3.63) is 58.1 Å². The van der Waals surface area contributed by atoms with Gasteiger partial charge >= 0.3 is 5.97 Å². The molecule has 6 N–H and O–H groups in total. The van der Waals surface area contributed by atoms with E-state index < -0.39 is 24.2 Å². The van der Waals surface area contributed by atoms with E-state index in [4.69, 9.17) is 34.0 Å². The first-order valence-corrected chi connectivity index (χ1v) is 9.58. The van der Waals surface area contributed by atoms with Crippen molar-refractivity contribution in [2.45, 2.75) is 24.7 Å². The van der Waals surface area contributed by atoms with Gasteiger partial charge in [-0.25, -0.2) is 4.79 Å². The van der Waals surface area contributed by atoms with Gasteiger partial charge in [-0.2, -0.15) is 0 Å². The Morgan fingerprint density at radius 2 is 1.69 bits per heavy atom. The molecule has 2 aromatic rings. The van der Waals surface area contributed by atoms with Crippen molar-refractivity contribution < 1.29 is 20.1 Å². The van der Waals surface area contributed by atoms with E-state index in [1.54, 1.807) is 25.2 Å². The maximum absolute atomic E-state index is 11.0. The number of carbonyl (C=O) groups is 1. The molecule has 0 aliphatic rings. The fourth-order valence-electron chi connectivity index (χ4n) is 2.83. The van der Waals surface area contributed by atoms with Crippen LogP contribution in [0, 0.1) is 0 Å². The molecule has 0 amide bonds. The van der Waals surface area contributed by atoms with E-state index in [2.05, 4.69) is 10.3 Å². The summed E-state index contributed by atoms with van der Waals surface area (Å²) < 4.78 is 0. The second-order valence-electron chi connectivity index (χ2n) is 6.55. The predicted molar refractivity (Wildman–Crippen MR) is 115 cm³/mol. The molecule has 7 nitrogen and oxygen atoms in total. The Labute approximate surface area is 178 Å². The van der Waals surface area contributed by atoms with Crippen molar-refractivity contribution in [3.8, 4) is 11.1 Å². The highest BCUT2D eigenvalue weighted by Gasteiger charge is 2.31. The minimum absolute atomic E-state index is 0.187. The van der Waals surface area contributed by atoms with E-state index in [1.165, 1.54) is 0 Å². The predicted octanol–water partition coefficient (Wildman–Crippen LogP) is 1.95. The van der Waals surface area contributed by atoms with Crippen LogP contribution in [0.15, 0.2) is 47.5 Å². The second kappa shape index (κ2) is 10.6. The van der Waals surface area contributed by atoms with E-state index in [0.29, 0.717) is 10.0 Å². The molecule has 0 heterocycles. The molecule has 3 atom stereocenters. The van der Waals surface area contributed by atoms with E-state index in [9.17, 15) is 15.0 Å². The number of nitrogens with one attached hydrogen (secondary N) is 1. The van der Waals surface area contributed by atoms with Crippen molar-refractivity contribution in [3.63, 3.8) is 0 Å². The third-order valence-electron chi connectivity index (χ3n) is 4.25. The maximum Gasteiger partial charge on any atom is 0.335 e. The second-order valence-corrected chi connectivity index (χ2v) is 7.42. The Morgan fingerprint density at radius 1 is 1.10 bits per heavy atom. The number of aliphatic hydroxyl groups is 2. The topological polar surface area (TPSA) is 128 Å². The molecule has 0 radical (unpaired) electrons. The van der Waals surface area contributed by atoms with Crippen LogP contribution in [-0.4, -0.2) is 59.0 Å². The van der Waals surface area contributed by atoms with Crippen LogP contribution in [0.5, 0.6) is 0 Å². The summed E-state index contributed by atoms with van der Waals surface area (Å²) in [5.74, 6) is -1.34. The van der Waals surface area contributed by atoms with Gasteiger partial charge in [0.1, 0.15) is 11.9 Å². The Bertz CT molecular complexity index is 854. The van der Waals surface area contributed by atoms with Gasteiger partial charge in [-0.1, -0.05) is 47.5 Å². The molecule has 0 saturated heterocycles. The quantitative estimate of drug-likeness (QED) is 0.300. The first kappa shape index (κ1) is 23.1. The van der Waals surface area contributed by atoms with Crippen LogP contribution in [0.25, 0.3) is 11.1 Å². The Morgan fingerprint density at radius 3 is 2.21 bits per heavy atom. The molecule has 0 fully saturated rings. The molecular formula is C20H23Cl2N3O4. The Balaban J connectivity index is 2.25. The summed E-state index contributed by atoms with van der Waals surface area (Å²) in [7, 11) is 1.68. The standard InChI is InChI=1S/C20H23Cl2N3O4/c1-24-10-17(23)25-16(18(26)19(27)20(28)29)6-11-2-4-12(5-3-11)13-7-14(21)9-15(22)8-13/h2-5,7-9,16,18-19,24,26-27H,6,10H2,1H3,(H2,23,25)(H,28,29). The SMILES string of the molecule is CNCC(N)=NC(Cc1ccc(-c2cc(Cl)cc(Cl)c2)cc1)C(O)C(O)C(=O)O. The molecule has 0 aromatic heterocycles. The third-order valence-corrected chi connectivity index (χ3v) is 4.69. The van der Waals surface area contributed by atoms with Gasteiger partial charge in [-0.05, 0) is 48.4 Å². The fraction of sp³-hybridized carbons (Fsp3) is 0.300. The van der Waals surface area contributed by atoms with Gasteiger partial charge in [0.2, 0.25) is 0 Å². The largest absolute Gasteiger partial charge is 0.479 e. The lowest BCUT2D eigenvalue weighted by molar-refractivity contribution is -0.153. The number of halogens is 2.